The van der Waals surface area contributed by atoms with Crippen molar-refractivity contribution < 1.29 is 23.0 Å². The molecule has 4 aromatic rings. The van der Waals surface area contributed by atoms with E-state index in [1.54, 1.807) is 25.1 Å². The Balaban J connectivity index is 1.86. The first-order chi connectivity index (χ1) is 16.3. The predicted octanol–water partition coefficient (Wildman–Crippen LogP) is 4.03. The number of nitrogens with one attached hydrogen (secondary N) is 1. The van der Waals surface area contributed by atoms with Gasteiger partial charge in [-0.2, -0.15) is 14.9 Å². The van der Waals surface area contributed by atoms with Gasteiger partial charge in [0.1, 0.15) is 28.7 Å². The molecule has 1 aliphatic heterocycles. The summed E-state index contributed by atoms with van der Waals surface area (Å²) in [6.07, 6.45) is -2.49. The standard InChI is InChI=1S/C22H16ClF3N6O2/c1-9-16(10-4-5-28-18-11(10)2-3-13(23)17(18)24)22(30-14-7-34-8-15(14)33)32-21(29-9)12(6-27)19(31-32)20(25)26/h2-5,14-15,20,30,33H,7-8H2,1H3/t14-,15-/m0/s1. The number of benzene rings is 1. The van der Waals surface area contributed by atoms with Gasteiger partial charge in [0.25, 0.3) is 6.43 Å². The molecule has 1 saturated heterocycles. The van der Waals surface area contributed by atoms with Gasteiger partial charge >= 0.3 is 0 Å². The van der Waals surface area contributed by atoms with Crippen LogP contribution in [-0.4, -0.2) is 50.0 Å². The SMILES string of the molecule is Cc1nc2c(C#N)c(C(F)F)nn2c(N[C@H]2COC[C@@H]2O)c1-c1ccnc2c(F)c(Cl)ccc12. The van der Waals surface area contributed by atoms with Crippen molar-refractivity contribution in [2.45, 2.75) is 25.5 Å². The van der Waals surface area contributed by atoms with Crippen LogP contribution in [0.4, 0.5) is 19.0 Å². The maximum Gasteiger partial charge on any atom is 0.283 e. The third kappa shape index (κ3) is 3.42. The molecule has 0 radical (unpaired) electrons. The zero-order valence-corrected chi connectivity index (χ0v) is 18.3. The van der Waals surface area contributed by atoms with Crippen molar-refractivity contribution in [2.24, 2.45) is 0 Å². The summed E-state index contributed by atoms with van der Waals surface area (Å²) in [6.45, 7) is 1.88. The molecular formula is C22H16ClF3N6O2. The van der Waals surface area contributed by atoms with E-state index in [0.717, 1.165) is 4.52 Å². The van der Waals surface area contributed by atoms with Crippen molar-refractivity contribution in [2.75, 3.05) is 18.5 Å². The van der Waals surface area contributed by atoms with E-state index in [4.69, 9.17) is 16.3 Å². The number of aliphatic hydroxyl groups is 1. The molecule has 2 N–H and O–H groups in total. The van der Waals surface area contributed by atoms with Crippen molar-refractivity contribution >= 4 is 34.0 Å². The highest BCUT2D eigenvalue weighted by atomic mass is 35.5. The Bertz CT molecular complexity index is 1490. The number of nitriles is 1. The van der Waals surface area contributed by atoms with Crippen molar-refractivity contribution in [3.05, 3.63) is 52.2 Å². The Kier molecular flexibility index (Phi) is 5.51. The van der Waals surface area contributed by atoms with E-state index < -0.39 is 30.1 Å². The lowest BCUT2D eigenvalue weighted by Crippen LogP contribution is -2.33. The second kappa shape index (κ2) is 8.39. The summed E-state index contributed by atoms with van der Waals surface area (Å²) in [4.78, 5) is 8.49. The number of rotatable bonds is 4. The molecule has 0 amide bonds. The molecule has 8 nitrogen and oxygen atoms in total. The molecule has 174 valence electrons. The Hall–Kier alpha value is -3.46. The summed E-state index contributed by atoms with van der Waals surface area (Å²) < 4.78 is 48.5. The predicted molar refractivity (Wildman–Crippen MR) is 117 cm³/mol. The van der Waals surface area contributed by atoms with E-state index in [2.05, 4.69) is 20.4 Å². The van der Waals surface area contributed by atoms with Crippen LogP contribution >= 0.6 is 11.6 Å². The molecule has 12 heteroatoms. The first kappa shape index (κ1) is 22.3. The maximum atomic E-state index is 14.7. The average molecular weight is 489 g/mol. The molecule has 34 heavy (non-hydrogen) atoms. The van der Waals surface area contributed by atoms with Crippen molar-refractivity contribution in [1.82, 2.24) is 19.6 Å². The van der Waals surface area contributed by atoms with Crippen LogP contribution < -0.4 is 5.32 Å². The molecular weight excluding hydrogens is 473 g/mol. The van der Waals surface area contributed by atoms with E-state index >= 15 is 0 Å². The number of aryl methyl sites for hydroxylation is 1. The summed E-state index contributed by atoms with van der Waals surface area (Å²) in [5.41, 5.74) is 0.144. The van der Waals surface area contributed by atoms with Crippen molar-refractivity contribution in [3.63, 3.8) is 0 Å². The van der Waals surface area contributed by atoms with Crippen molar-refractivity contribution in [3.8, 4) is 17.2 Å². The highest BCUT2D eigenvalue weighted by Gasteiger charge is 2.31. The fourth-order valence-corrected chi connectivity index (χ4v) is 4.28. The zero-order chi connectivity index (χ0) is 24.1. The molecule has 3 aromatic heterocycles. The van der Waals surface area contributed by atoms with E-state index in [-0.39, 0.29) is 40.8 Å². The monoisotopic (exact) mass is 488 g/mol. The van der Waals surface area contributed by atoms with Gasteiger partial charge in [-0.1, -0.05) is 17.7 Å². The smallest absolute Gasteiger partial charge is 0.283 e. The molecule has 4 heterocycles. The molecule has 1 aromatic carbocycles. The number of ether oxygens (including phenoxy) is 1. The molecule has 2 atom stereocenters. The average Bonchev–Trinajstić information content (AvgIpc) is 3.39. The normalized spacial score (nSPS) is 18.2. The van der Waals surface area contributed by atoms with Gasteiger partial charge in [0.2, 0.25) is 0 Å². The Morgan fingerprint density at radius 1 is 1.32 bits per heavy atom. The van der Waals surface area contributed by atoms with Crippen LogP contribution in [0.1, 0.15) is 23.4 Å². The molecule has 0 spiro atoms. The van der Waals surface area contributed by atoms with Gasteiger partial charge in [0.05, 0.1) is 36.1 Å². The van der Waals surface area contributed by atoms with E-state index in [1.807, 2.05) is 0 Å². The summed E-state index contributed by atoms with van der Waals surface area (Å²) in [6, 6.07) is 5.78. The highest BCUT2D eigenvalue weighted by Crippen LogP contribution is 2.39. The lowest BCUT2D eigenvalue weighted by Gasteiger charge is -2.21. The minimum absolute atomic E-state index is 0.0196. The number of hydrogen-bond donors (Lipinski definition) is 2. The van der Waals surface area contributed by atoms with Crippen LogP contribution in [0.5, 0.6) is 0 Å². The van der Waals surface area contributed by atoms with Crippen LogP contribution in [-0.2, 0) is 4.74 Å². The van der Waals surface area contributed by atoms with E-state index in [0.29, 0.717) is 22.2 Å². The molecule has 5 rings (SSSR count). The molecule has 0 saturated carbocycles. The summed E-state index contributed by atoms with van der Waals surface area (Å²) in [5.74, 6) is -0.504. The maximum absolute atomic E-state index is 14.7. The number of aliphatic hydroxyl groups excluding tert-OH is 1. The van der Waals surface area contributed by atoms with Gasteiger partial charge in [-0.05, 0) is 24.6 Å². The van der Waals surface area contributed by atoms with Gasteiger partial charge in [0, 0.05) is 17.1 Å². The molecule has 0 bridgehead atoms. The number of hydrogen-bond acceptors (Lipinski definition) is 7. The lowest BCUT2D eigenvalue weighted by molar-refractivity contribution is 0.125. The Morgan fingerprint density at radius 3 is 2.79 bits per heavy atom. The second-order valence-electron chi connectivity index (χ2n) is 7.80. The van der Waals surface area contributed by atoms with Gasteiger partial charge in [-0.3, -0.25) is 4.98 Å². The Labute approximate surface area is 195 Å². The lowest BCUT2D eigenvalue weighted by atomic mass is 9.99. The summed E-state index contributed by atoms with van der Waals surface area (Å²) in [5, 5.41) is 27.2. The minimum Gasteiger partial charge on any atom is -0.388 e. The highest BCUT2D eigenvalue weighted by molar-refractivity contribution is 6.31. The molecule has 1 fully saturated rings. The molecule has 0 aliphatic carbocycles. The topological polar surface area (TPSA) is 108 Å². The van der Waals surface area contributed by atoms with Gasteiger partial charge in [-0.25, -0.2) is 18.2 Å². The fourth-order valence-electron chi connectivity index (χ4n) is 4.13. The number of halogens is 4. The van der Waals surface area contributed by atoms with Crippen molar-refractivity contribution in [1.29, 1.82) is 5.26 Å². The van der Waals surface area contributed by atoms with E-state index in [9.17, 15) is 23.5 Å². The zero-order valence-electron chi connectivity index (χ0n) is 17.6. The Morgan fingerprint density at radius 2 is 2.12 bits per heavy atom. The van der Waals surface area contributed by atoms with Crippen LogP contribution in [0, 0.1) is 24.1 Å². The van der Waals surface area contributed by atoms with Gasteiger partial charge < -0.3 is 15.2 Å². The molecule has 0 unspecified atom stereocenters. The van der Waals surface area contributed by atoms with Crippen LogP contribution in [0.25, 0.3) is 27.7 Å². The summed E-state index contributed by atoms with van der Waals surface area (Å²) in [7, 11) is 0. The first-order valence-electron chi connectivity index (χ1n) is 10.2. The van der Waals surface area contributed by atoms with Crippen LogP contribution in [0.15, 0.2) is 24.4 Å². The van der Waals surface area contributed by atoms with Crippen LogP contribution in [0.2, 0.25) is 5.02 Å². The van der Waals surface area contributed by atoms with Crippen LogP contribution in [0.3, 0.4) is 0 Å². The second-order valence-corrected chi connectivity index (χ2v) is 8.21. The van der Waals surface area contributed by atoms with E-state index in [1.165, 1.54) is 12.3 Å². The largest absolute Gasteiger partial charge is 0.388 e. The van der Waals surface area contributed by atoms with Gasteiger partial charge in [-0.15, -0.1) is 0 Å². The quantitative estimate of drug-likeness (QED) is 0.446. The fraction of sp³-hybridized carbons (Fsp3) is 0.273. The number of aromatic nitrogens is 4. The van der Waals surface area contributed by atoms with Gasteiger partial charge in [0.15, 0.2) is 11.5 Å². The number of fused-ring (bicyclic) bond motifs is 2. The summed E-state index contributed by atoms with van der Waals surface area (Å²) >= 11 is 5.92. The molecule has 1 aliphatic rings. The minimum atomic E-state index is -3.01. The third-order valence-electron chi connectivity index (χ3n) is 5.74. The first-order valence-corrected chi connectivity index (χ1v) is 10.6. The number of nitrogens with zero attached hydrogens (tertiary/aromatic N) is 5. The number of alkyl halides is 2. The number of pyridine rings is 1. The number of anilines is 1. The third-order valence-corrected chi connectivity index (χ3v) is 6.03.